The van der Waals surface area contributed by atoms with Gasteiger partial charge in [-0.3, -0.25) is 4.90 Å². The number of aromatic nitrogens is 4. The van der Waals surface area contributed by atoms with Gasteiger partial charge in [0.2, 0.25) is 11.9 Å². The van der Waals surface area contributed by atoms with Gasteiger partial charge in [0, 0.05) is 69.3 Å². The molecule has 30 heavy (non-hydrogen) atoms. The molecule has 0 aromatic carbocycles. The number of nitrogens with two attached hydrogens (primary N) is 1. The third-order valence-corrected chi connectivity index (χ3v) is 6.42. The summed E-state index contributed by atoms with van der Waals surface area (Å²) in [5.41, 5.74) is 7.36. The zero-order valence-electron chi connectivity index (χ0n) is 17.6. The molecule has 3 fully saturated rings. The fraction of sp³-hybridized carbons (Fsp3) is 0.619. The van der Waals surface area contributed by atoms with Crippen molar-refractivity contribution >= 4 is 17.7 Å². The summed E-state index contributed by atoms with van der Waals surface area (Å²) in [5.74, 6) is 1.98. The Morgan fingerprint density at radius 2 is 1.77 bits per heavy atom. The lowest BCUT2D eigenvalue weighted by molar-refractivity contribution is 0.0529. The van der Waals surface area contributed by atoms with Gasteiger partial charge >= 0.3 is 0 Å². The number of anilines is 3. The van der Waals surface area contributed by atoms with E-state index in [1.54, 1.807) is 12.4 Å². The van der Waals surface area contributed by atoms with Crippen molar-refractivity contribution in [3.05, 3.63) is 18.5 Å². The van der Waals surface area contributed by atoms with Crippen LogP contribution in [0.5, 0.6) is 0 Å². The average molecular weight is 411 g/mol. The second-order valence-electron chi connectivity index (χ2n) is 8.48. The molecule has 160 valence electrons. The van der Waals surface area contributed by atoms with Crippen LogP contribution in [0.15, 0.2) is 18.5 Å². The van der Waals surface area contributed by atoms with Gasteiger partial charge in [0.05, 0.1) is 18.4 Å². The molecular weight excluding hydrogens is 380 g/mol. The largest absolute Gasteiger partial charge is 0.375 e. The monoisotopic (exact) mass is 410 g/mol. The lowest BCUT2D eigenvalue weighted by Crippen LogP contribution is -2.52. The molecule has 3 aliphatic rings. The molecule has 1 atom stereocenters. The van der Waals surface area contributed by atoms with E-state index in [0.717, 1.165) is 68.3 Å². The van der Waals surface area contributed by atoms with Crippen LogP contribution in [0, 0.1) is 0 Å². The third kappa shape index (κ3) is 4.04. The molecule has 9 heteroatoms. The van der Waals surface area contributed by atoms with E-state index >= 15 is 0 Å². The van der Waals surface area contributed by atoms with E-state index in [9.17, 15) is 0 Å². The molecule has 0 spiro atoms. The minimum absolute atomic E-state index is 0.187. The van der Waals surface area contributed by atoms with Gasteiger partial charge in [-0.25, -0.2) is 15.0 Å². The molecule has 2 aromatic rings. The molecule has 5 rings (SSSR count). The minimum Gasteiger partial charge on any atom is -0.375 e. The van der Waals surface area contributed by atoms with Crippen molar-refractivity contribution in [2.24, 2.45) is 0 Å². The molecule has 0 bridgehead atoms. The summed E-state index contributed by atoms with van der Waals surface area (Å²) >= 11 is 0. The molecule has 1 aliphatic carbocycles. The summed E-state index contributed by atoms with van der Waals surface area (Å²) in [4.78, 5) is 25.4. The van der Waals surface area contributed by atoms with Crippen molar-refractivity contribution < 1.29 is 4.74 Å². The molecular formula is C21H30N8O. The standard InChI is InChI=1S/C21H30N8O/c1-15-14-29(9-10-30-15)19-11-18(16-12-23-20(22)24-13-16)25-21(26-19)28-7-5-27(6-8-28)17-3-2-4-17/h11-13,15,17H,2-10,14H2,1H3,(H2,22,23,24)/t15-/m0/s1. The summed E-state index contributed by atoms with van der Waals surface area (Å²) in [7, 11) is 0. The first kappa shape index (κ1) is 19.4. The maximum absolute atomic E-state index is 5.72. The van der Waals surface area contributed by atoms with Crippen LogP contribution in [0.25, 0.3) is 11.3 Å². The molecule has 0 radical (unpaired) electrons. The molecule has 0 unspecified atom stereocenters. The van der Waals surface area contributed by atoms with Gasteiger partial charge in [0.1, 0.15) is 5.82 Å². The number of hydrogen-bond acceptors (Lipinski definition) is 9. The van der Waals surface area contributed by atoms with E-state index in [2.05, 4.69) is 31.6 Å². The first-order chi connectivity index (χ1) is 14.7. The van der Waals surface area contributed by atoms with Gasteiger partial charge in [-0.2, -0.15) is 4.98 Å². The molecule has 4 heterocycles. The van der Waals surface area contributed by atoms with Crippen molar-refractivity contribution in [1.82, 2.24) is 24.8 Å². The number of nitrogens with zero attached hydrogens (tertiary/aromatic N) is 7. The van der Waals surface area contributed by atoms with Crippen molar-refractivity contribution in [2.45, 2.75) is 38.3 Å². The predicted octanol–water partition coefficient (Wildman–Crippen LogP) is 1.42. The Bertz CT molecular complexity index is 864. The smallest absolute Gasteiger partial charge is 0.227 e. The first-order valence-electron chi connectivity index (χ1n) is 11.0. The van der Waals surface area contributed by atoms with Crippen molar-refractivity contribution in [3.8, 4) is 11.3 Å². The Hall–Kier alpha value is -2.52. The fourth-order valence-electron chi connectivity index (χ4n) is 4.41. The van der Waals surface area contributed by atoms with Crippen LogP contribution in [0.2, 0.25) is 0 Å². The van der Waals surface area contributed by atoms with Crippen LogP contribution in [0.1, 0.15) is 26.2 Å². The van der Waals surface area contributed by atoms with E-state index < -0.39 is 0 Å². The third-order valence-electron chi connectivity index (χ3n) is 6.42. The highest BCUT2D eigenvalue weighted by atomic mass is 16.5. The zero-order chi connectivity index (χ0) is 20.5. The van der Waals surface area contributed by atoms with Gasteiger partial charge in [0.25, 0.3) is 0 Å². The summed E-state index contributed by atoms with van der Waals surface area (Å²) < 4.78 is 5.72. The van der Waals surface area contributed by atoms with E-state index in [-0.39, 0.29) is 12.1 Å². The van der Waals surface area contributed by atoms with Gasteiger partial charge in [-0.15, -0.1) is 0 Å². The van der Waals surface area contributed by atoms with Gasteiger partial charge in [-0.1, -0.05) is 6.42 Å². The summed E-state index contributed by atoms with van der Waals surface area (Å²) in [6.07, 6.45) is 7.72. The maximum Gasteiger partial charge on any atom is 0.227 e. The van der Waals surface area contributed by atoms with Gasteiger partial charge < -0.3 is 20.3 Å². The van der Waals surface area contributed by atoms with E-state index in [0.29, 0.717) is 6.61 Å². The Kier molecular flexibility index (Phi) is 5.39. The molecule has 2 aliphatic heterocycles. The zero-order valence-corrected chi connectivity index (χ0v) is 17.6. The highest BCUT2D eigenvalue weighted by Crippen LogP contribution is 2.28. The minimum atomic E-state index is 0.187. The van der Waals surface area contributed by atoms with Crippen LogP contribution < -0.4 is 15.5 Å². The van der Waals surface area contributed by atoms with E-state index in [1.807, 2.05) is 6.07 Å². The fourth-order valence-corrected chi connectivity index (χ4v) is 4.41. The van der Waals surface area contributed by atoms with Crippen LogP contribution in [-0.4, -0.2) is 82.9 Å². The molecule has 9 nitrogen and oxygen atoms in total. The average Bonchev–Trinajstić information content (AvgIpc) is 2.73. The highest BCUT2D eigenvalue weighted by molar-refractivity contribution is 5.64. The number of ether oxygens (including phenoxy) is 1. The Balaban J connectivity index is 1.42. The molecule has 2 saturated heterocycles. The van der Waals surface area contributed by atoms with E-state index in [4.69, 9.17) is 20.4 Å². The first-order valence-corrected chi connectivity index (χ1v) is 11.0. The molecule has 2 N–H and O–H groups in total. The Morgan fingerprint density at radius 1 is 1.00 bits per heavy atom. The Labute approximate surface area is 177 Å². The lowest BCUT2D eigenvalue weighted by Gasteiger charge is -2.43. The highest BCUT2D eigenvalue weighted by Gasteiger charge is 2.29. The normalized spacial score (nSPS) is 23.4. The SMILES string of the molecule is C[C@H]1CN(c2cc(-c3cnc(N)nc3)nc(N3CCN(C4CCC4)CC3)n2)CCO1. The predicted molar refractivity (Wildman–Crippen MR) is 117 cm³/mol. The quantitative estimate of drug-likeness (QED) is 0.802. The summed E-state index contributed by atoms with van der Waals surface area (Å²) in [6.45, 7) is 8.52. The second kappa shape index (κ2) is 8.31. The number of morpholine rings is 1. The number of hydrogen-bond donors (Lipinski definition) is 1. The molecule has 2 aromatic heterocycles. The maximum atomic E-state index is 5.72. The van der Waals surface area contributed by atoms with Crippen LogP contribution in [0.4, 0.5) is 17.7 Å². The van der Waals surface area contributed by atoms with Gasteiger partial charge in [-0.05, 0) is 19.8 Å². The lowest BCUT2D eigenvalue weighted by atomic mass is 9.91. The Morgan fingerprint density at radius 3 is 2.43 bits per heavy atom. The van der Waals surface area contributed by atoms with Crippen molar-refractivity contribution in [1.29, 1.82) is 0 Å². The van der Waals surface area contributed by atoms with Gasteiger partial charge in [0.15, 0.2) is 0 Å². The number of piperazine rings is 1. The van der Waals surface area contributed by atoms with Crippen molar-refractivity contribution in [3.63, 3.8) is 0 Å². The number of nitrogen functional groups attached to an aromatic ring is 1. The number of rotatable bonds is 4. The molecule has 1 saturated carbocycles. The summed E-state index contributed by atoms with van der Waals surface area (Å²) in [5, 5.41) is 0. The topological polar surface area (TPSA) is 96.5 Å². The molecule has 0 amide bonds. The van der Waals surface area contributed by atoms with E-state index in [1.165, 1.54) is 19.3 Å². The summed E-state index contributed by atoms with van der Waals surface area (Å²) in [6, 6.07) is 2.82. The van der Waals surface area contributed by atoms with Crippen molar-refractivity contribution in [2.75, 3.05) is 61.4 Å². The van der Waals surface area contributed by atoms with Crippen LogP contribution in [-0.2, 0) is 4.74 Å². The van der Waals surface area contributed by atoms with Crippen LogP contribution in [0.3, 0.4) is 0 Å². The second-order valence-corrected chi connectivity index (χ2v) is 8.48. The van der Waals surface area contributed by atoms with Crippen LogP contribution >= 0.6 is 0 Å².